The summed E-state index contributed by atoms with van der Waals surface area (Å²) >= 11 is 0. The van der Waals surface area contributed by atoms with Crippen LogP contribution in [0.25, 0.3) is 0 Å². The SMILES string of the molecule is CC(NS(=O)(=O)c1ccc(F)cc1F)c1cccc(S(N)(=O)=O)c1. The predicted octanol–water partition coefficient (Wildman–Crippen LogP) is 1.65. The number of benzene rings is 2. The Morgan fingerprint density at radius 2 is 1.71 bits per heavy atom. The van der Waals surface area contributed by atoms with Crippen LogP contribution in [0, 0.1) is 11.6 Å². The van der Waals surface area contributed by atoms with Gasteiger partial charge in [-0.1, -0.05) is 12.1 Å². The van der Waals surface area contributed by atoms with Gasteiger partial charge in [-0.05, 0) is 36.8 Å². The third kappa shape index (κ3) is 4.15. The van der Waals surface area contributed by atoms with E-state index in [2.05, 4.69) is 4.72 Å². The molecular weight excluding hydrogens is 362 g/mol. The topological polar surface area (TPSA) is 106 Å². The Bertz CT molecular complexity index is 976. The van der Waals surface area contributed by atoms with Crippen molar-refractivity contribution in [2.24, 2.45) is 5.14 Å². The van der Waals surface area contributed by atoms with Gasteiger partial charge < -0.3 is 0 Å². The van der Waals surface area contributed by atoms with Crippen LogP contribution in [-0.4, -0.2) is 16.8 Å². The molecule has 0 radical (unpaired) electrons. The van der Waals surface area contributed by atoms with Crippen LogP contribution in [0.1, 0.15) is 18.5 Å². The van der Waals surface area contributed by atoms with Crippen molar-refractivity contribution in [3.8, 4) is 0 Å². The van der Waals surface area contributed by atoms with Gasteiger partial charge in [-0.25, -0.2) is 35.5 Å². The van der Waals surface area contributed by atoms with Gasteiger partial charge in [-0.3, -0.25) is 0 Å². The smallest absolute Gasteiger partial charge is 0.225 e. The monoisotopic (exact) mass is 376 g/mol. The van der Waals surface area contributed by atoms with E-state index in [0.29, 0.717) is 11.6 Å². The number of nitrogens with one attached hydrogen (secondary N) is 1. The second-order valence-electron chi connectivity index (χ2n) is 5.04. The third-order valence-electron chi connectivity index (χ3n) is 3.20. The van der Waals surface area contributed by atoms with Crippen LogP contribution in [-0.2, 0) is 20.0 Å². The summed E-state index contributed by atoms with van der Waals surface area (Å²) in [7, 11) is -8.22. The fourth-order valence-corrected chi connectivity index (χ4v) is 3.88. The van der Waals surface area contributed by atoms with Crippen LogP contribution in [0.5, 0.6) is 0 Å². The highest BCUT2D eigenvalue weighted by molar-refractivity contribution is 7.89. The first-order valence-corrected chi connectivity index (χ1v) is 9.64. The highest BCUT2D eigenvalue weighted by Gasteiger charge is 2.23. The molecule has 0 saturated heterocycles. The summed E-state index contributed by atoms with van der Waals surface area (Å²) < 4.78 is 75.9. The molecule has 0 amide bonds. The molecule has 10 heteroatoms. The molecule has 0 aliphatic heterocycles. The van der Waals surface area contributed by atoms with Crippen molar-refractivity contribution in [3.05, 3.63) is 59.7 Å². The summed E-state index contributed by atoms with van der Waals surface area (Å²) in [6.45, 7) is 1.45. The lowest BCUT2D eigenvalue weighted by molar-refractivity contribution is 0.536. The average molecular weight is 376 g/mol. The van der Waals surface area contributed by atoms with Gasteiger partial charge in [0.05, 0.1) is 4.90 Å². The van der Waals surface area contributed by atoms with Gasteiger partial charge in [0.2, 0.25) is 20.0 Å². The maximum Gasteiger partial charge on any atom is 0.244 e. The normalized spacial score (nSPS) is 13.7. The molecule has 1 unspecified atom stereocenters. The average Bonchev–Trinajstić information content (AvgIpc) is 2.45. The van der Waals surface area contributed by atoms with Crippen molar-refractivity contribution in [3.63, 3.8) is 0 Å². The number of hydrogen-bond acceptors (Lipinski definition) is 4. The van der Waals surface area contributed by atoms with Crippen LogP contribution in [0.3, 0.4) is 0 Å². The van der Waals surface area contributed by atoms with Gasteiger partial charge in [0.15, 0.2) is 0 Å². The van der Waals surface area contributed by atoms with Gasteiger partial charge in [0.25, 0.3) is 0 Å². The number of sulfonamides is 2. The Balaban J connectivity index is 2.33. The molecule has 0 fully saturated rings. The Hall–Kier alpha value is -1.88. The van der Waals surface area contributed by atoms with E-state index < -0.39 is 42.6 Å². The van der Waals surface area contributed by atoms with Crippen LogP contribution in [0.15, 0.2) is 52.3 Å². The van der Waals surface area contributed by atoms with Crippen molar-refractivity contribution < 1.29 is 25.6 Å². The molecule has 0 aliphatic rings. The summed E-state index contributed by atoms with van der Waals surface area (Å²) in [4.78, 5) is -0.891. The minimum absolute atomic E-state index is 0.181. The Morgan fingerprint density at radius 3 is 2.29 bits per heavy atom. The van der Waals surface area contributed by atoms with E-state index in [1.54, 1.807) is 0 Å². The summed E-state index contributed by atoms with van der Waals surface area (Å²) in [6, 6.07) is 6.58. The second kappa shape index (κ2) is 6.55. The van der Waals surface area contributed by atoms with Gasteiger partial charge in [0.1, 0.15) is 16.5 Å². The largest absolute Gasteiger partial charge is 0.244 e. The molecule has 1 atom stereocenters. The minimum Gasteiger partial charge on any atom is -0.225 e. The molecule has 0 saturated carbocycles. The molecule has 0 bridgehead atoms. The second-order valence-corrected chi connectivity index (χ2v) is 8.28. The van der Waals surface area contributed by atoms with Crippen LogP contribution in [0.2, 0.25) is 0 Å². The highest BCUT2D eigenvalue weighted by Crippen LogP contribution is 2.21. The van der Waals surface area contributed by atoms with E-state index in [1.165, 1.54) is 31.2 Å². The van der Waals surface area contributed by atoms with Crippen LogP contribution < -0.4 is 9.86 Å². The molecule has 2 rings (SSSR count). The zero-order valence-corrected chi connectivity index (χ0v) is 14.0. The lowest BCUT2D eigenvalue weighted by Gasteiger charge is -2.15. The number of rotatable bonds is 5. The summed E-state index contributed by atoms with van der Waals surface area (Å²) in [5.74, 6) is -2.13. The lowest BCUT2D eigenvalue weighted by Crippen LogP contribution is -2.28. The van der Waals surface area contributed by atoms with E-state index in [4.69, 9.17) is 5.14 Å². The molecule has 130 valence electrons. The van der Waals surface area contributed by atoms with Crippen molar-refractivity contribution in [2.45, 2.75) is 22.8 Å². The molecule has 24 heavy (non-hydrogen) atoms. The van der Waals surface area contributed by atoms with Crippen molar-refractivity contribution >= 4 is 20.0 Å². The minimum atomic E-state index is -4.28. The molecule has 0 aliphatic carbocycles. The number of primary sulfonamides is 1. The van der Waals surface area contributed by atoms with Crippen LogP contribution in [0.4, 0.5) is 8.78 Å². The first-order chi connectivity index (χ1) is 11.0. The molecule has 0 heterocycles. The summed E-state index contributed by atoms with van der Waals surface area (Å²) in [5, 5.41) is 5.03. The van der Waals surface area contributed by atoms with Gasteiger partial charge in [-0.15, -0.1) is 0 Å². The number of nitrogens with two attached hydrogens (primary N) is 1. The van der Waals surface area contributed by atoms with Gasteiger partial charge >= 0.3 is 0 Å². The Kier molecular flexibility index (Phi) is 5.04. The van der Waals surface area contributed by atoms with E-state index in [0.717, 1.165) is 12.1 Å². The summed E-state index contributed by atoms with van der Waals surface area (Å²) in [6.07, 6.45) is 0. The molecule has 2 aromatic carbocycles. The van der Waals surface area contributed by atoms with E-state index in [9.17, 15) is 25.6 Å². The standard InChI is InChI=1S/C14H14F2N2O4S2/c1-9(10-3-2-4-12(7-10)23(17,19)20)18-24(21,22)14-6-5-11(15)8-13(14)16/h2-9,18H,1H3,(H2,17,19,20). The maximum absolute atomic E-state index is 13.7. The van der Waals surface area contributed by atoms with Crippen LogP contribution >= 0.6 is 0 Å². The zero-order valence-electron chi connectivity index (χ0n) is 12.4. The maximum atomic E-state index is 13.7. The zero-order chi connectivity index (χ0) is 18.1. The number of hydrogen-bond donors (Lipinski definition) is 2. The van der Waals surface area contributed by atoms with Gasteiger partial charge in [0, 0.05) is 12.1 Å². The van der Waals surface area contributed by atoms with E-state index in [1.807, 2.05) is 0 Å². The van der Waals surface area contributed by atoms with E-state index in [-0.39, 0.29) is 4.90 Å². The van der Waals surface area contributed by atoms with Crippen molar-refractivity contribution in [1.82, 2.24) is 4.72 Å². The van der Waals surface area contributed by atoms with Crippen molar-refractivity contribution in [2.75, 3.05) is 0 Å². The Morgan fingerprint density at radius 1 is 1.04 bits per heavy atom. The van der Waals surface area contributed by atoms with Gasteiger partial charge in [-0.2, -0.15) is 0 Å². The fourth-order valence-electron chi connectivity index (χ4n) is 2.02. The first-order valence-electron chi connectivity index (χ1n) is 6.61. The molecular formula is C14H14F2N2O4S2. The first kappa shape index (κ1) is 18.5. The molecule has 0 spiro atoms. The quantitative estimate of drug-likeness (QED) is 0.827. The molecule has 3 N–H and O–H groups in total. The van der Waals surface area contributed by atoms with Crippen molar-refractivity contribution in [1.29, 1.82) is 0 Å². The van der Waals surface area contributed by atoms with E-state index >= 15 is 0 Å². The fraction of sp³-hybridized carbons (Fsp3) is 0.143. The highest BCUT2D eigenvalue weighted by atomic mass is 32.2. The Labute approximate surface area is 138 Å². The molecule has 6 nitrogen and oxygen atoms in total. The molecule has 2 aromatic rings. The summed E-state index contributed by atoms with van der Waals surface area (Å²) in [5.41, 5.74) is 0.313. The number of halogens is 2. The third-order valence-corrected chi connectivity index (χ3v) is 5.69. The molecule has 0 aromatic heterocycles. The predicted molar refractivity (Wildman–Crippen MR) is 82.9 cm³/mol. The lowest BCUT2D eigenvalue weighted by atomic mass is 10.1.